The Labute approximate surface area is 268 Å². The molecule has 0 spiro atoms. The van der Waals surface area contributed by atoms with E-state index in [4.69, 9.17) is 34.5 Å². The van der Waals surface area contributed by atoms with Gasteiger partial charge in [-0.2, -0.15) is 9.13 Å². The van der Waals surface area contributed by atoms with E-state index in [-0.39, 0.29) is 5.91 Å². The summed E-state index contributed by atoms with van der Waals surface area (Å²) in [5, 5.41) is 0.861. The Morgan fingerprint density at radius 3 is 1.05 bits per heavy atom. The van der Waals surface area contributed by atoms with Crippen LogP contribution in [0.5, 0.6) is 0 Å². The molecule has 4 aromatic heterocycles. The molecule has 4 rings (SSSR count). The summed E-state index contributed by atoms with van der Waals surface area (Å²) in [6, 6.07) is 13.8. The van der Waals surface area contributed by atoms with Gasteiger partial charge in [-0.15, -0.1) is 11.6 Å². The van der Waals surface area contributed by atoms with E-state index in [0.29, 0.717) is 47.8 Å². The molecule has 0 atom stereocenters. The molecule has 230 valence electrons. The summed E-state index contributed by atoms with van der Waals surface area (Å²) >= 11 is 8.84. The van der Waals surface area contributed by atoms with Gasteiger partial charge in [-0.05, 0) is 24.3 Å². The van der Waals surface area contributed by atoms with Gasteiger partial charge in [0.2, 0.25) is 13.1 Å². The van der Waals surface area contributed by atoms with Crippen LogP contribution in [0, 0.1) is 0 Å². The standard InChI is InChI=1S/C14H14N4O2.C8H9BrN2O.C8H9ClN2O/c15-13(19)11-3-1-5-17(9-11)7-8-18-6-2-4-12(10-18)14(16)20;2*9-3-5-11-4-1-2-7(6-11)8(10)12/h1-6,9-10H,7-8H2,(H2-2,15,16,19,20);2*1-2,4,6H,3,5H2,(H-,10,12)/p+4. The topological polar surface area (TPSA) is 188 Å². The van der Waals surface area contributed by atoms with E-state index in [9.17, 15) is 19.2 Å². The molecule has 14 heteroatoms. The van der Waals surface area contributed by atoms with Crippen LogP contribution in [0.3, 0.4) is 0 Å². The molecule has 0 saturated heterocycles. The summed E-state index contributed by atoms with van der Waals surface area (Å²) < 4.78 is 7.47. The second kappa shape index (κ2) is 18.7. The van der Waals surface area contributed by atoms with E-state index in [1.54, 1.807) is 67.3 Å². The monoisotopic (exact) mass is 686 g/mol. The van der Waals surface area contributed by atoms with Gasteiger partial charge < -0.3 is 22.9 Å². The average Bonchev–Trinajstić information content (AvgIpc) is 3.01. The lowest BCUT2D eigenvalue weighted by Crippen LogP contribution is -2.44. The van der Waals surface area contributed by atoms with Crippen molar-refractivity contribution >= 4 is 51.2 Å². The lowest BCUT2D eigenvalue weighted by Gasteiger charge is -1.98. The van der Waals surface area contributed by atoms with Crippen LogP contribution in [0.2, 0.25) is 0 Å². The molecule has 44 heavy (non-hydrogen) atoms. The lowest BCUT2D eigenvalue weighted by molar-refractivity contribution is -0.778. The third-order valence-electron chi connectivity index (χ3n) is 5.87. The van der Waals surface area contributed by atoms with Crippen molar-refractivity contribution in [1.29, 1.82) is 0 Å². The van der Waals surface area contributed by atoms with Gasteiger partial charge in [0.05, 0.1) is 11.2 Å². The van der Waals surface area contributed by atoms with E-state index in [2.05, 4.69) is 15.9 Å². The van der Waals surface area contributed by atoms with Crippen LogP contribution in [0.25, 0.3) is 0 Å². The molecule has 12 nitrogen and oxygen atoms in total. The Morgan fingerprint density at radius 1 is 0.523 bits per heavy atom. The zero-order valence-corrected chi connectivity index (χ0v) is 26.3. The zero-order chi connectivity index (χ0) is 32.5. The van der Waals surface area contributed by atoms with Crippen molar-refractivity contribution in [3.63, 3.8) is 0 Å². The Morgan fingerprint density at radius 2 is 0.795 bits per heavy atom. The van der Waals surface area contributed by atoms with E-state index in [0.717, 1.165) is 11.9 Å². The van der Waals surface area contributed by atoms with Crippen LogP contribution in [0.4, 0.5) is 0 Å². The largest absolute Gasteiger partial charge is 0.365 e. The Bertz CT molecular complexity index is 1470. The Balaban J connectivity index is 0.000000244. The number of nitrogens with zero attached hydrogens (tertiary/aromatic N) is 4. The second-order valence-electron chi connectivity index (χ2n) is 9.16. The van der Waals surface area contributed by atoms with Gasteiger partial charge in [-0.25, -0.2) is 9.13 Å². The first-order valence-electron chi connectivity index (χ1n) is 13.3. The molecule has 0 fully saturated rings. The number of primary amides is 4. The quantitative estimate of drug-likeness (QED) is 0.127. The summed E-state index contributed by atoms with van der Waals surface area (Å²) in [6.07, 6.45) is 14.3. The molecule has 0 aliphatic heterocycles. The van der Waals surface area contributed by atoms with Crippen molar-refractivity contribution < 1.29 is 37.4 Å². The minimum Gasteiger partial charge on any atom is -0.365 e. The number of nitrogens with two attached hydrogens (primary N) is 4. The number of hydrogen-bond donors (Lipinski definition) is 4. The second-order valence-corrected chi connectivity index (χ2v) is 10.3. The zero-order valence-electron chi connectivity index (χ0n) is 24.0. The summed E-state index contributed by atoms with van der Waals surface area (Å²) in [4.78, 5) is 43.7. The maximum absolute atomic E-state index is 11.1. The van der Waals surface area contributed by atoms with Gasteiger partial charge in [-0.3, -0.25) is 19.2 Å². The normalized spacial score (nSPS) is 9.95. The summed E-state index contributed by atoms with van der Waals surface area (Å²) in [7, 11) is 0. The van der Waals surface area contributed by atoms with Gasteiger partial charge in [0.1, 0.15) is 22.3 Å². The van der Waals surface area contributed by atoms with Crippen LogP contribution >= 0.6 is 27.5 Å². The molecule has 0 bridgehead atoms. The van der Waals surface area contributed by atoms with Crippen molar-refractivity contribution in [2.24, 2.45) is 22.9 Å². The summed E-state index contributed by atoms with van der Waals surface area (Å²) in [5.74, 6) is -1.20. The minimum absolute atomic E-state index is 0.390. The highest BCUT2D eigenvalue weighted by Crippen LogP contribution is 1.95. The van der Waals surface area contributed by atoms with Crippen molar-refractivity contribution in [3.05, 3.63) is 120 Å². The fourth-order valence-corrected chi connectivity index (χ4v) is 4.26. The number of carbonyl (C=O) groups is 4. The van der Waals surface area contributed by atoms with E-state index in [1.807, 2.05) is 49.1 Å². The van der Waals surface area contributed by atoms with Gasteiger partial charge in [0.25, 0.3) is 23.6 Å². The van der Waals surface area contributed by atoms with E-state index >= 15 is 0 Å². The first-order valence-corrected chi connectivity index (χ1v) is 15.0. The third kappa shape index (κ3) is 12.6. The van der Waals surface area contributed by atoms with Crippen LogP contribution in [0.15, 0.2) is 98.1 Å². The first-order chi connectivity index (χ1) is 21.0. The minimum atomic E-state index is -0.456. The fourth-order valence-electron chi connectivity index (χ4n) is 3.65. The van der Waals surface area contributed by atoms with Crippen LogP contribution < -0.4 is 41.2 Å². The molecule has 4 aromatic rings. The molecule has 0 unspecified atom stereocenters. The molecule has 0 aliphatic carbocycles. The molecule has 0 radical (unpaired) electrons. The fraction of sp³-hybridized carbons (Fsp3) is 0.200. The van der Waals surface area contributed by atoms with Crippen LogP contribution in [-0.2, 0) is 26.2 Å². The highest BCUT2D eigenvalue weighted by molar-refractivity contribution is 9.09. The number of alkyl halides is 2. The summed E-state index contributed by atoms with van der Waals surface area (Å²) in [5.41, 5.74) is 22.6. The Hall–Kier alpha value is -4.75. The predicted molar refractivity (Wildman–Crippen MR) is 165 cm³/mol. The molecule has 4 heterocycles. The van der Waals surface area contributed by atoms with Gasteiger partial charge >= 0.3 is 0 Å². The van der Waals surface area contributed by atoms with Crippen LogP contribution in [0.1, 0.15) is 41.4 Å². The Kier molecular flexibility index (Phi) is 15.1. The van der Waals surface area contributed by atoms with E-state index in [1.165, 1.54) is 0 Å². The predicted octanol–water partition coefficient (Wildman–Crippen LogP) is -0.0607. The smallest absolute Gasteiger partial charge is 0.254 e. The number of aryl methyl sites for hydroxylation is 4. The number of hydrogen-bond acceptors (Lipinski definition) is 4. The molecule has 8 N–H and O–H groups in total. The SMILES string of the molecule is NC(=O)c1ccc[n+](CCBr)c1.NC(=O)c1ccc[n+](CCCl)c1.NC(=O)c1ccc[n+](CC[n+]2cccc(C(N)=O)c2)c1. The highest BCUT2D eigenvalue weighted by atomic mass is 79.9. The molecule has 0 aliphatic rings. The molecular weight excluding hydrogens is 652 g/mol. The van der Waals surface area contributed by atoms with Crippen molar-refractivity contribution in [1.82, 2.24) is 0 Å². The van der Waals surface area contributed by atoms with Gasteiger partial charge in [-0.1, -0.05) is 15.9 Å². The average molecular weight is 688 g/mol. The van der Waals surface area contributed by atoms with Crippen molar-refractivity contribution in [2.75, 3.05) is 11.2 Å². The molecule has 4 amide bonds. The lowest BCUT2D eigenvalue weighted by atomic mass is 10.2. The van der Waals surface area contributed by atoms with Gasteiger partial charge in [0.15, 0.2) is 62.7 Å². The summed E-state index contributed by atoms with van der Waals surface area (Å²) in [6.45, 7) is 2.81. The number of aromatic nitrogens is 4. The third-order valence-corrected chi connectivity index (χ3v) is 6.40. The molecular formula is C30H36BrClN8O4+4. The number of amides is 4. The van der Waals surface area contributed by atoms with Crippen molar-refractivity contribution in [3.8, 4) is 0 Å². The number of pyridine rings is 4. The maximum atomic E-state index is 11.1. The van der Waals surface area contributed by atoms with Crippen molar-refractivity contribution in [2.45, 2.75) is 26.2 Å². The number of halogens is 2. The number of rotatable bonds is 11. The molecule has 0 aromatic carbocycles. The van der Waals surface area contributed by atoms with Crippen LogP contribution in [-0.4, -0.2) is 34.8 Å². The van der Waals surface area contributed by atoms with E-state index < -0.39 is 17.7 Å². The molecule has 0 saturated carbocycles. The first kappa shape index (κ1) is 35.4. The number of carbonyl (C=O) groups excluding carboxylic acids is 4. The highest BCUT2D eigenvalue weighted by Gasteiger charge is 2.12. The maximum Gasteiger partial charge on any atom is 0.254 e. The van der Waals surface area contributed by atoms with Gasteiger partial charge in [0, 0.05) is 24.3 Å².